The highest BCUT2D eigenvalue weighted by Crippen LogP contribution is 2.44. The molecule has 0 bridgehead atoms. The van der Waals surface area contributed by atoms with Gasteiger partial charge in [-0.1, -0.05) is 31.9 Å². The van der Waals surface area contributed by atoms with Gasteiger partial charge in [-0.3, -0.25) is 0 Å². The first kappa shape index (κ1) is 21.0. The maximum absolute atomic E-state index is 10.4. The zero-order chi connectivity index (χ0) is 21.1. The van der Waals surface area contributed by atoms with Crippen molar-refractivity contribution in [1.82, 2.24) is 0 Å². The van der Waals surface area contributed by atoms with Crippen LogP contribution >= 0.6 is 0 Å². The number of nitrogens with two attached hydrogens (primary N) is 2. The summed E-state index contributed by atoms with van der Waals surface area (Å²) < 4.78 is 5.70. The van der Waals surface area contributed by atoms with Crippen molar-refractivity contribution in [3.8, 4) is 5.75 Å². The maximum Gasteiger partial charge on any atom is 0.224 e. The van der Waals surface area contributed by atoms with E-state index in [0.29, 0.717) is 28.6 Å². The van der Waals surface area contributed by atoms with Crippen molar-refractivity contribution in [3.05, 3.63) is 53.6 Å². The Morgan fingerprint density at radius 2 is 1.33 bits per heavy atom. The summed E-state index contributed by atoms with van der Waals surface area (Å²) in [5.41, 5.74) is 14.6. The smallest absolute Gasteiger partial charge is 0.224 e. The van der Waals surface area contributed by atoms with Crippen LogP contribution in [-0.4, -0.2) is 5.11 Å². The number of aliphatic hydroxyl groups is 1. The summed E-state index contributed by atoms with van der Waals surface area (Å²) in [4.78, 5) is 0. The molecule has 4 rings (SSSR count). The van der Waals surface area contributed by atoms with Crippen LogP contribution in [0.1, 0.15) is 81.6 Å². The van der Waals surface area contributed by atoms with Gasteiger partial charge in [0.05, 0.1) is 0 Å². The normalized spacial score (nSPS) is 28.1. The number of rotatable bonds is 5. The summed E-state index contributed by atoms with van der Waals surface area (Å²) >= 11 is 0. The van der Waals surface area contributed by atoms with E-state index >= 15 is 0 Å². The first-order chi connectivity index (χ1) is 14.5. The SMILES string of the molecule is CC1CCC(C2CCC(c3ccc(OC(O)c4cc(N)cc(N)c4)cc3)CC2)CC1. The zero-order valence-corrected chi connectivity index (χ0v) is 18.1. The number of hydrogen-bond donors (Lipinski definition) is 3. The molecular formula is C26H36N2O2. The van der Waals surface area contributed by atoms with Crippen LogP contribution in [0.4, 0.5) is 11.4 Å². The van der Waals surface area contributed by atoms with Crippen molar-refractivity contribution >= 4 is 11.4 Å². The molecule has 0 saturated heterocycles. The number of nitrogen functional groups attached to an aromatic ring is 2. The molecule has 2 aromatic rings. The van der Waals surface area contributed by atoms with Gasteiger partial charge in [0.1, 0.15) is 5.75 Å². The number of benzene rings is 2. The highest BCUT2D eigenvalue weighted by Gasteiger charge is 2.30. The van der Waals surface area contributed by atoms with Crippen LogP contribution in [0, 0.1) is 17.8 Å². The van der Waals surface area contributed by atoms with Crippen molar-refractivity contribution in [3.63, 3.8) is 0 Å². The highest BCUT2D eigenvalue weighted by atomic mass is 16.6. The molecule has 1 unspecified atom stereocenters. The second-order valence-corrected chi connectivity index (χ2v) is 9.60. The molecule has 0 radical (unpaired) electrons. The standard InChI is InChI=1S/C26H36N2O2/c1-17-2-4-18(5-3-17)19-6-8-20(9-7-19)21-10-12-25(13-11-21)30-26(29)22-14-23(27)16-24(28)15-22/h10-20,26,29H,2-9,27-28H2,1H3. The molecule has 4 heteroatoms. The minimum Gasteiger partial charge on any atom is -0.461 e. The molecule has 0 amide bonds. The monoisotopic (exact) mass is 408 g/mol. The number of aliphatic hydroxyl groups excluding tert-OH is 1. The lowest BCUT2D eigenvalue weighted by Gasteiger charge is -2.37. The summed E-state index contributed by atoms with van der Waals surface area (Å²) in [6.45, 7) is 2.41. The second kappa shape index (κ2) is 9.30. The average Bonchev–Trinajstić information content (AvgIpc) is 2.74. The van der Waals surface area contributed by atoms with Gasteiger partial charge in [0.15, 0.2) is 0 Å². The van der Waals surface area contributed by atoms with Gasteiger partial charge in [0.25, 0.3) is 0 Å². The van der Waals surface area contributed by atoms with Gasteiger partial charge >= 0.3 is 0 Å². The molecule has 162 valence electrons. The van der Waals surface area contributed by atoms with Crippen LogP contribution in [0.3, 0.4) is 0 Å². The van der Waals surface area contributed by atoms with Crippen molar-refractivity contribution in [2.24, 2.45) is 17.8 Å². The molecular weight excluding hydrogens is 372 g/mol. The van der Waals surface area contributed by atoms with E-state index in [2.05, 4.69) is 19.1 Å². The van der Waals surface area contributed by atoms with Crippen LogP contribution in [0.15, 0.2) is 42.5 Å². The summed E-state index contributed by atoms with van der Waals surface area (Å²) in [7, 11) is 0. The molecule has 2 aliphatic carbocycles. The van der Waals surface area contributed by atoms with Gasteiger partial charge in [-0.15, -0.1) is 0 Å². The Bertz CT molecular complexity index is 799. The summed E-state index contributed by atoms with van der Waals surface area (Å²) in [6, 6.07) is 13.3. The van der Waals surface area contributed by atoms with Crippen molar-refractivity contribution in [1.29, 1.82) is 0 Å². The third-order valence-corrected chi connectivity index (χ3v) is 7.38. The van der Waals surface area contributed by atoms with Gasteiger partial charge in [0, 0.05) is 16.9 Å². The Kier molecular flexibility index (Phi) is 6.52. The van der Waals surface area contributed by atoms with Crippen molar-refractivity contribution in [2.45, 2.75) is 70.5 Å². The molecule has 1 atom stereocenters. The fourth-order valence-electron chi connectivity index (χ4n) is 5.54. The van der Waals surface area contributed by atoms with Crippen LogP contribution < -0.4 is 16.2 Å². The van der Waals surface area contributed by atoms with E-state index in [1.165, 1.54) is 56.9 Å². The third-order valence-electron chi connectivity index (χ3n) is 7.38. The van der Waals surface area contributed by atoms with Gasteiger partial charge in [0.2, 0.25) is 6.29 Å². The van der Waals surface area contributed by atoms with Gasteiger partial charge in [-0.05, 0) is 98.1 Å². The van der Waals surface area contributed by atoms with Crippen LogP contribution in [0.5, 0.6) is 5.75 Å². The largest absolute Gasteiger partial charge is 0.461 e. The predicted octanol–water partition coefficient (Wildman–Crippen LogP) is 6.02. The summed E-state index contributed by atoms with van der Waals surface area (Å²) in [5.74, 6) is 4.15. The fraction of sp³-hybridized carbons (Fsp3) is 0.538. The molecule has 2 saturated carbocycles. The summed E-state index contributed by atoms with van der Waals surface area (Å²) in [5, 5.41) is 10.4. The van der Waals surface area contributed by atoms with E-state index in [1.54, 1.807) is 18.2 Å². The lowest BCUT2D eigenvalue weighted by atomic mass is 9.68. The molecule has 30 heavy (non-hydrogen) atoms. The Morgan fingerprint density at radius 3 is 1.90 bits per heavy atom. The molecule has 0 aliphatic heterocycles. The Labute approximate surface area is 180 Å². The third kappa shape index (κ3) is 5.10. The Morgan fingerprint density at radius 1 is 0.800 bits per heavy atom. The molecule has 0 spiro atoms. The quantitative estimate of drug-likeness (QED) is 0.417. The van der Waals surface area contributed by atoms with E-state index in [-0.39, 0.29) is 0 Å². The number of ether oxygens (including phenoxy) is 1. The van der Waals surface area contributed by atoms with E-state index in [0.717, 1.165) is 17.8 Å². The molecule has 2 aliphatic rings. The molecule has 2 fully saturated rings. The van der Waals surface area contributed by atoms with E-state index in [1.807, 2.05) is 12.1 Å². The van der Waals surface area contributed by atoms with Crippen molar-refractivity contribution in [2.75, 3.05) is 11.5 Å². The van der Waals surface area contributed by atoms with Gasteiger partial charge < -0.3 is 21.3 Å². The lowest BCUT2D eigenvalue weighted by molar-refractivity contribution is -0.0193. The van der Waals surface area contributed by atoms with Gasteiger partial charge in [-0.2, -0.15) is 0 Å². The fourth-order valence-corrected chi connectivity index (χ4v) is 5.54. The second-order valence-electron chi connectivity index (χ2n) is 9.60. The molecule has 0 heterocycles. The molecule has 5 N–H and O–H groups in total. The van der Waals surface area contributed by atoms with Gasteiger partial charge in [-0.25, -0.2) is 0 Å². The first-order valence-electron chi connectivity index (χ1n) is 11.6. The first-order valence-corrected chi connectivity index (χ1v) is 11.6. The number of anilines is 2. The van der Waals surface area contributed by atoms with E-state index in [9.17, 15) is 5.11 Å². The molecule has 0 aromatic heterocycles. The lowest BCUT2D eigenvalue weighted by Crippen LogP contribution is -2.24. The van der Waals surface area contributed by atoms with E-state index < -0.39 is 6.29 Å². The average molecular weight is 409 g/mol. The van der Waals surface area contributed by atoms with Crippen LogP contribution in [0.2, 0.25) is 0 Å². The van der Waals surface area contributed by atoms with Crippen LogP contribution in [0.25, 0.3) is 0 Å². The molecule has 4 nitrogen and oxygen atoms in total. The summed E-state index contributed by atoms with van der Waals surface area (Å²) in [6.07, 6.45) is 10.0. The number of hydrogen-bond acceptors (Lipinski definition) is 4. The maximum atomic E-state index is 10.4. The van der Waals surface area contributed by atoms with E-state index in [4.69, 9.17) is 16.2 Å². The van der Waals surface area contributed by atoms with Crippen molar-refractivity contribution < 1.29 is 9.84 Å². The minimum atomic E-state index is -1.09. The minimum absolute atomic E-state index is 0.515. The Hall–Kier alpha value is -2.20. The Balaban J connectivity index is 1.30. The van der Waals surface area contributed by atoms with Crippen LogP contribution in [-0.2, 0) is 0 Å². The topological polar surface area (TPSA) is 81.5 Å². The zero-order valence-electron chi connectivity index (χ0n) is 18.1. The molecule has 2 aromatic carbocycles. The predicted molar refractivity (Wildman–Crippen MR) is 123 cm³/mol. The highest BCUT2D eigenvalue weighted by molar-refractivity contribution is 5.54.